The van der Waals surface area contributed by atoms with Crippen LogP contribution in [-0.4, -0.2) is 17.5 Å². The minimum atomic E-state index is -1.34. The van der Waals surface area contributed by atoms with Crippen LogP contribution in [0, 0.1) is 18.7 Å². The van der Waals surface area contributed by atoms with Crippen LogP contribution in [-0.2, 0) is 9.59 Å². The summed E-state index contributed by atoms with van der Waals surface area (Å²) in [5.41, 5.74) is 1.32. The van der Waals surface area contributed by atoms with Crippen LogP contribution in [0.1, 0.15) is 27.5 Å². The van der Waals surface area contributed by atoms with Gasteiger partial charge in [-0.05, 0) is 42.3 Å². The highest BCUT2D eigenvalue weighted by atomic mass is 35.5. The average Bonchev–Trinajstić information content (AvgIpc) is 3.01. The predicted molar refractivity (Wildman–Crippen MR) is 117 cm³/mol. The molecule has 4 nitrogen and oxygen atoms in total. The van der Waals surface area contributed by atoms with E-state index in [0.717, 1.165) is 4.90 Å². The van der Waals surface area contributed by atoms with Crippen LogP contribution in [0.15, 0.2) is 66.7 Å². The zero-order valence-electron chi connectivity index (χ0n) is 16.3. The maximum atomic E-state index is 14.9. The standard InChI is InChI=1S/C24H16Cl2FNO3/c1-13-12-15(25)10-11-16(13)21-19(22(29)14-6-3-2-4-7-14)23(30)24(31)28(21)18-9-5-8-17(26)20(18)27/h2-12,19,21H,1H3. The van der Waals surface area contributed by atoms with Gasteiger partial charge in [0.1, 0.15) is 5.92 Å². The van der Waals surface area contributed by atoms with Gasteiger partial charge in [0.05, 0.1) is 16.8 Å². The molecule has 156 valence electrons. The summed E-state index contributed by atoms with van der Waals surface area (Å²) >= 11 is 12.0. The van der Waals surface area contributed by atoms with E-state index < -0.39 is 35.3 Å². The molecule has 2 atom stereocenters. The summed E-state index contributed by atoms with van der Waals surface area (Å²) < 4.78 is 14.9. The maximum Gasteiger partial charge on any atom is 0.295 e. The van der Waals surface area contributed by atoms with Crippen molar-refractivity contribution < 1.29 is 18.8 Å². The minimum Gasteiger partial charge on any atom is -0.294 e. The van der Waals surface area contributed by atoms with Gasteiger partial charge in [0.15, 0.2) is 11.6 Å². The molecular formula is C24H16Cl2FNO3. The minimum absolute atomic E-state index is 0.159. The quantitative estimate of drug-likeness (QED) is 0.292. The van der Waals surface area contributed by atoms with E-state index in [4.69, 9.17) is 23.2 Å². The van der Waals surface area contributed by atoms with E-state index in [0.29, 0.717) is 21.7 Å². The first-order valence-corrected chi connectivity index (χ1v) is 10.2. The number of halogens is 3. The number of nitrogens with zero attached hydrogens (tertiary/aromatic N) is 1. The fourth-order valence-corrected chi connectivity index (χ4v) is 4.34. The number of benzene rings is 3. The second-order valence-electron chi connectivity index (χ2n) is 7.27. The van der Waals surface area contributed by atoms with E-state index >= 15 is 0 Å². The Balaban J connectivity index is 1.94. The lowest BCUT2D eigenvalue weighted by Gasteiger charge is -2.29. The van der Waals surface area contributed by atoms with E-state index in [1.807, 2.05) is 0 Å². The Hall–Kier alpha value is -3.02. The lowest BCUT2D eigenvalue weighted by atomic mass is 9.84. The van der Waals surface area contributed by atoms with Crippen LogP contribution in [0.3, 0.4) is 0 Å². The van der Waals surface area contributed by atoms with Crippen molar-refractivity contribution in [2.75, 3.05) is 4.90 Å². The molecule has 2 unspecified atom stereocenters. The molecule has 0 radical (unpaired) electrons. The summed E-state index contributed by atoms with van der Waals surface area (Å²) in [6.45, 7) is 1.76. The first-order valence-electron chi connectivity index (χ1n) is 9.48. The zero-order chi connectivity index (χ0) is 22.3. The Labute approximate surface area is 188 Å². The molecule has 0 N–H and O–H groups in total. The normalized spacial score (nSPS) is 18.5. The molecule has 1 aliphatic heterocycles. The van der Waals surface area contributed by atoms with Crippen molar-refractivity contribution in [3.63, 3.8) is 0 Å². The van der Waals surface area contributed by atoms with Gasteiger partial charge in [0.25, 0.3) is 5.91 Å². The van der Waals surface area contributed by atoms with Crippen molar-refractivity contribution >= 4 is 46.4 Å². The number of carbonyl (C=O) groups excluding carboxylic acids is 3. The molecule has 4 rings (SSSR count). The molecule has 0 aromatic heterocycles. The number of aryl methyl sites for hydroxylation is 1. The molecule has 3 aromatic rings. The van der Waals surface area contributed by atoms with Crippen molar-refractivity contribution in [1.82, 2.24) is 0 Å². The molecule has 31 heavy (non-hydrogen) atoms. The van der Waals surface area contributed by atoms with Crippen LogP contribution in [0.5, 0.6) is 0 Å². The molecule has 0 spiro atoms. The Morgan fingerprint density at radius 1 is 0.968 bits per heavy atom. The topological polar surface area (TPSA) is 54.5 Å². The monoisotopic (exact) mass is 455 g/mol. The Morgan fingerprint density at radius 3 is 2.35 bits per heavy atom. The molecule has 3 aromatic carbocycles. The first-order chi connectivity index (χ1) is 14.8. The van der Waals surface area contributed by atoms with Crippen molar-refractivity contribution in [3.8, 4) is 0 Å². The Kier molecular flexibility index (Phi) is 5.65. The van der Waals surface area contributed by atoms with Crippen LogP contribution >= 0.6 is 23.2 Å². The van der Waals surface area contributed by atoms with Gasteiger partial charge in [-0.1, -0.05) is 65.7 Å². The summed E-state index contributed by atoms with van der Waals surface area (Å²) in [5, 5.41) is 0.269. The SMILES string of the molecule is Cc1cc(Cl)ccc1C1C(C(=O)c2ccccc2)C(=O)C(=O)N1c1cccc(Cl)c1F. The number of amides is 1. The molecule has 1 fully saturated rings. The molecule has 0 saturated carbocycles. The lowest BCUT2D eigenvalue weighted by Crippen LogP contribution is -2.32. The summed E-state index contributed by atoms with van der Waals surface area (Å²) in [7, 11) is 0. The van der Waals surface area contributed by atoms with Gasteiger partial charge >= 0.3 is 0 Å². The average molecular weight is 456 g/mol. The van der Waals surface area contributed by atoms with Gasteiger partial charge in [-0.2, -0.15) is 0 Å². The van der Waals surface area contributed by atoms with E-state index in [-0.39, 0.29) is 10.7 Å². The highest BCUT2D eigenvalue weighted by Crippen LogP contribution is 2.44. The number of hydrogen-bond acceptors (Lipinski definition) is 3. The van der Waals surface area contributed by atoms with E-state index in [2.05, 4.69) is 0 Å². The van der Waals surface area contributed by atoms with Crippen molar-refractivity contribution in [2.24, 2.45) is 5.92 Å². The Morgan fingerprint density at radius 2 is 1.68 bits per heavy atom. The smallest absolute Gasteiger partial charge is 0.294 e. The highest BCUT2D eigenvalue weighted by Gasteiger charge is 2.53. The number of anilines is 1. The molecule has 0 aliphatic carbocycles. The third-order valence-electron chi connectivity index (χ3n) is 5.39. The third kappa shape index (κ3) is 3.64. The number of hydrogen-bond donors (Lipinski definition) is 0. The van der Waals surface area contributed by atoms with E-state index in [9.17, 15) is 18.8 Å². The molecule has 1 saturated heterocycles. The lowest BCUT2D eigenvalue weighted by molar-refractivity contribution is -0.135. The van der Waals surface area contributed by atoms with E-state index in [1.54, 1.807) is 55.5 Å². The van der Waals surface area contributed by atoms with Gasteiger partial charge in [0, 0.05) is 10.6 Å². The summed E-state index contributed by atoms with van der Waals surface area (Å²) in [6.07, 6.45) is 0. The number of rotatable bonds is 4. The van der Waals surface area contributed by atoms with Crippen molar-refractivity contribution in [2.45, 2.75) is 13.0 Å². The van der Waals surface area contributed by atoms with Gasteiger partial charge in [-0.25, -0.2) is 4.39 Å². The van der Waals surface area contributed by atoms with Gasteiger partial charge < -0.3 is 0 Å². The summed E-state index contributed by atoms with van der Waals surface area (Å²) in [4.78, 5) is 40.5. The van der Waals surface area contributed by atoms with Crippen LogP contribution < -0.4 is 4.90 Å². The molecule has 1 heterocycles. The molecule has 0 bridgehead atoms. The summed E-state index contributed by atoms with van der Waals surface area (Å²) in [6, 6.07) is 16.3. The highest BCUT2D eigenvalue weighted by molar-refractivity contribution is 6.49. The van der Waals surface area contributed by atoms with Crippen LogP contribution in [0.2, 0.25) is 10.0 Å². The second-order valence-corrected chi connectivity index (χ2v) is 8.11. The van der Waals surface area contributed by atoms with Gasteiger partial charge in [-0.3, -0.25) is 19.3 Å². The van der Waals surface area contributed by atoms with Gasteiger partial charge in [0.2, 0.25) is 5.78 Å². The third-order valence-corrected chi connectivity index (χ3v) is 5.91. The largest absolute Gasteiger partial charge is 0.295 e. The van der Waals surface area contributed by atoms with Crippen molar-refractivity contribution in [3.05, 3.63) is 99.3 Å². The second kappa shape index (κ2) is 8.25. The Bertz CT molecular complexity index is 1210. The molecular weight excluding hydrogens is 440 g/mol. The van der Waals surface area contributed by atoms with E-state index in [1.165, 1.54) is 18.2 Å². The molecule has 7 heteroatoms. The fraction of sp³-hybridized carbons (Fsp3) is 0.125. The summed E-state index contributed by atoms with van der Waals surface area (Å²) in [5.74, 6) is -4.55. The fourth-order valence-electron chi connectivity index (χ4n) is 3.94. The van der Waals surface area contributed by atoms with Gasteiger partial charge in [-0.15, -0.1) is 0 Å². The molecule has 1 amide bonds. The van der Waals surface area contributed by atoms with Crippen LogP contribution in [0.25, 0.3) is 0 Å². The number of Topliss-reactive ketones (excluding diaryl/α,β-unsaturated/α-hetero) is 2. The molecule has 1 aliphatic rings. The first kappa shape index (κ1) is 21.2. The predicted octanol–water partition coefficient (Wildman–Crippen LogP) is 5.60. The van der Waals surface area contributed by atoms with Crippen molar-refractivity contribution in [1.29, 1.82) is 0 Å². The van der Waals surface area contributed by atoms with Crippen LogP contribution in [0.4, 0.5) is 10.1 Å². The maximum absolute atomic E-state index is 14.9. The number of ketones is 2. The number of carbonyl (C=O) groups is 3. The zero-order valence-corrected chi connectivity index (χ0v) is 17.8.